The second kappa shape index (κ2) is 8.25. The Morgan fingerprint density at radius 1 is 1.00 bits per heavy atom. The van der Waals surface area contributed by atoms with E-state index in [1.54, 1.807) is 0 Å². The van der Waals surface area contributed by atoms with E-state index in [1.165, 1.54) is 12.8 Å². The van der Waals surface area contributed by atoms with Crippen LogP contribution < -0.4 is 5.73 Å². The van der Waals surface area contributed by atoms with E-state index in [2.05, 4.69) is 20.8 Å². The molecule has 2 heteroatoms. The molecule has 0 aromatic rings. The summed E-state index contributed by atoms with van der Waals surface area (Å²) < 4.78 is 5.48. The molecule has 0 aliphatic carbocycles. The van der Waals surface area contributed by atoms with Gasteiger partial charge in [0, 0.05) is 18.8 Å². The topological polar surface area (TPSA) is 35.2 Å². The van der Waals surface area contributed by atoms with Crippen LogP contribution in [0.5, 0.6) is 0 Å². The second-order valence-electron chi connectivity index (χ2n) is 4.18. The highest BCUT2D eigenvalue weighted by molar-refractivity contribution is 4.81. The van der Waals surface area contributed by atoms with Gasteiger partial charge in [-0.05, 0) is 25.7 Å². The standard InChI is InChI=1S/C12H27NO/c1-4-7-8-12(13,6-3)9-11-14-10-5-2/h4-11,13H2,1-3H3. The molecule has 0 rings (SSSR count). The van der Waals surface area contributed by atoms with Crippen LogP contribution in [0.2, 0.25) is 0 Å². The number of hydrogen-bond donors (Lipinski definition) is 1. The Kier molecular flexibility index (Phi) is 8.20. The summed E-state index contributed by atoms with van der Waals surface area (Å²) in [6.07, 6.45) is 6.76. The van der Waals surface area contributed by atoms with Crippen LogP contribution in [0.25, 0.3) is 0 Å². The zero-order valence-corrected chi connectivity index (χ0v) is 10.1. The zero-order valence-electron chi connectivity index (χ0n) is 10.1. The Morgan fingerprint density at radius 3 is 2.21 bits per heavy atom. The van der Waals surface area contributed by atoms with Crippen LogP contribution in [-0.4, -0.2) is 18.8 Å². The molecule has 14 heavy (non-hydrogen) atoms. The lowest BCUT2D eigenvalue weighted by atomic mass is 9.88. The Hall–Kier alpha value is -0.0800. The first-order valence-corrected chi connectivity index (χ1v) is 6.05. The van der Waals surface area contributed by atoms with E-state index in [9.17, 15) is 0 Å². The maximum Gasteiger partial charge on any atom is 0.0483 e. The van der Waals surface area contributed by atoms with Gasteiger partial charge in [0.15, 0.2) is 0 Å². The first-order valence-electron chi connectivity index (χ1n) is 6.05. The lowest BCUT2D eigenvalue weighted by Gasteiger charge is -2.28. The number of nitrogens with two attached hydrogens (primary N) is 1. The van der Waals surface area contributed by atoms with Crippen LogP contribution in [-0.2, 0) is 4.74 Å². The largest absolute Gasteiger partial charge is 0.381 e. The number of ether oxygens (including phenoxy) is 1. The first kappa shape index (κ1) is 13.9. The third kappa shape index (κ3) is 6.39. The highest BCUT2D eigenvalue weighted by Gasteiger charge is 2.21. The number of hydrogen-bond acceptors (Lipinski definition) is 2. The third-order valence-electron chi connectivity index (χ3n) is 2.83. The molecule has 0 heterocycles. The van der Waals surface area contributed by atoms with Crippen LogP contribution in [0.15, 0.2) is 0 Å². The molecule has 0 saturated carbocycles. The van der Waals surface area contributed by atoms with Gasteiger partial charge in [0.1, 0.15) is 0 Å². The quantitative estimate of drug-likeness (QED) is 0.582. The minimum absolute atomic E-state index is 0.0176. The predicted molar refractivity (Wildman–Crippen MR) is 62.5 cm³/mol. The van der Waals surface area contributed by atoms with Gasteiger partial charge in [-0.1, -0.05) is 33.6 Å². The minimum Gasteiger partial charge on any atom is -0.381 e. The molecule has 0 aliphatic heterocycles. The maximum absolute atomic E-state index is 6.29. The van der Waals surface area contributed by atoms with Gasteiger partial charge in [0.25, 0.3) is 0 Å². The maximum atomic E-state index is 6.29. The summed E-state index contributed by atoms with van der Waals surface area (Å²) in [7, 11) is 0. The fourth-order valence-electron chi connectivity index (χ4n) is 1.53. The summed E-state index contributed by atoms with van der Waals surface area (Å²) >= 11 is 0. The lowest BCUT2D eigenvalue weighted by molar-refractivity contribution is 0.111. The molecule has 0 amide bonds. The van der Waals surface area contributed by atoms with Gasteiger partial charge in [-0.2, -0.15) is 0 Å². The molecule has 1 atom stereocenters. The summed E-state index contributed by atoms with van der Waals surface area (Å²) in [5, 5.41) is 0. The molecule has 2 N–H and O–H groups in total. The van der Waals surface area contributed by atoms with Crippen molar-refractivity contribution in [3.8, 4) is 0 Å². The Balaban J connectivity index is 3.63. The van der Waals surface area contributed by atoms with Gasteiger partial charge in [0.05, 0.1) is 0 Å². The van der Waals surface area contributed by atoms with Crippen LogP contribution in [0.1, 0.15) is 59.3 Å². The Labute approximate surface area is 89.2 Å². The third-order valence-corrected chi connectivity index (χ3v) is 2.83. The second-order valence-corrected chi connectivity index (χ2v) is 4.18. The van der Waals surface area contributed by atoms with Crippen molar-refractivity contribution < 1.29 is 4.74 Å². The van der Waals surface area contributed by atoms with Gasteiger partial charge < -0.3 is 10.5 Å². The summed E-state index contributed by atoms with van der Waals surface area (Å²) in [6.45, 7) is 8.21. The molecule has 0 aromatic heterocycles. The van der Waals surface area contributed by atoms with E-state index in [0.29, 0.717) is 0 Å². The summed E-state index contributed by atoms with van der Waals surface area (Å²) in [6, 6.07) is 0. The van der Waals surface area contributed by atoms with Gasteiger partial charge in [-0.25, -0.2) is 0 Å². The number of rotatable bonds is 9. The fraction of sp³-hybridized carbons (Fsp3) is 1.00. The van der Waals surface area contributed by atoms with Crippen LogP contribution in [0.4, 0.5) is 0 Å². The monoisotopic (exact) mass is 201 g/mol. The summed E-state index contributed by atoms with van der Waals surface area (Å²) in [5.41, 5.74) is 6.30. The molecule has 1 unspecified atom stereocenters. The smallest absolute Gasteiger partial charge is 0.0483 e. The molecule has 0 bridgehead atoms. The van der Waals surface area contributed by atoms with Crippen molar-refractivity contribution in [1.82, 2.24) is 0 Å². The molecule has 0 fully saturated rings. The molecular weight excluding hydrogens is 174 g/mol. The first-order chi connectivity index (χ1) is 6.68. The Morgan fingerprint density at radius 2 is 1.71 bits per heavy atom. The lowest BCUT2D eigenvalue weighted by Crippen LogP contribution is -2.40. The van der Waals surface area contributed by atoms with Crippen molar-refractivity contribution in [3.05, 3.63) is 0 Å². The minimum atomic E-state index is 0.0176. The molecule has 0 aromatic carbocycles. The molecular formula is C12H27NO. The van der Waals surface area contributed by atoms with Crippen molar-refractivity contribution in [2.45, 2.75) is 64.8 Å². The highest BCUT2D eigenvalue weighted by atomic mass is 16.5. The highest BCUT2D eigenvalue weighted by Crippen LogP contribution is 2.19. The van der Waals surface area contributed by atoms with Crippen LogP contribution in [0.3, 0.4) is 0 Å². The Bertz CT molecular complexity index is 127. The van der Waals surface area contributed by atoms with E-state index in [0.717, 1.165) is 38.9 Å². The van der Waals surface area contributed by atoms with E-state index in [-0.39, 0.29) is 5.54 Å². The molecule has 0 radical (unpaired) electrons. The van der Waals surface area contributed by atoms with Crippen molar-refractivity contribution >= 4 is 0 Å². The van der Waals surface area contributed by atoms with E-state index in [1.807, 2.05) is 0 Å². The van der Waals surface area contributed by atoms with Gasteiger partial charge in [-0.3, -0.25) is 0 Å². The summed E-state index contributed by atoms with van der Waals surface area (Å²) in [5.74, 6) is 0. The molecule has 2 nitrogen and oxygen atoms in total. The molecule has 0 aliphatic rings. The van der Waals surface area contributed by atoms with E-state index in [4.69, 9.17) is 10.5 Å². The molecule has 0 spiro atoms. The normalized spacial score (nSPS) is 15.4. The van der Waals surface area contributed by atoms with Gasteiger partial charge in [0.2, 0.25) is 0 Å². The summed E-state index contributed by atoms with van der Waals surface area (Å²) in [4.78, 5) is 0. The van der Waals surface area contributed by atoms with Crippen molar-refractivity contribution in [2.75, 3.05) is 13.2 Å². The van der Waals surface area contributed by atoms with Crippen LogP contribution in [0, 0.1) is 0 Å². The van der Waals surface area contributed by atoms with Gasteiger partial charge >= 0.3 is 0 Å². The van der Waals surface area contributed by atoms with Crippen molar-refractivity contribution in [2.24, 2.45) is 5.73 Å². The predicted octanol–water partition coefficient (Wildman–Crippen LogP) is 3.10. The van der Waals surface area contributed by atoms with Crippen molar-refractivity contribution in [3.63, 3.8) is 0 Å². The van der Waals surface area contributed by atoms with Gasteiger partial charge in [-0.15, -0.1) is 0 Å². The van der Waals surface area contributed by atoms with Crippen molar-refractivity contribution in [1.29, 1.82) is 0 Å². The molecule has 86 valence electrons. The SMILES string of the molecule is CCCCC(N)(CC)CCOCCC. The zero-order chi connectivity index (χ0) is 10.9. The molecule has 0 saturated heterocycles. The van der Waals surface area contributed by atoms with E-state index >= 15 is 0 Å². The van der Waals surface area contributed by atoms with E-state index < -0.39 is 0 Å². The fourth-order valence-corrected chi connectivity index (χ4v) is 1.53. The van der Waals surface area contributed by atoms with Crippen LogP contribution >= 0.6 is 0 Å². The average Bonchev–Trinajstić information content (AvgIpc) is 2.22. The number of unbranched alkanes of at least 4 members (excludes halogenated alkanes) is 1. The average molecular weight is 201 g/mol.